The molecular formula is C24H21FN2O2S2. The second-order valence-electron chi connectivity index (χ2n) is 7.38. The third-order valence-electron chi connectivity index (χ3n) is 5.18. The van der Waals surface area contributed by atoms with Gasteiger partial charge in [0.15, 0.2) is 5.13 Å². The molecule has 7 heteroatoms. The van der Waals surface area contributed by atoms with E-state index in [0.717, 1.165) is 43.2 Å². The minimum Gasteiger partial charge on any atom is -0.302 e. The molecule has 0 spiro atoms. The second-order valence-corrected chi connectivity index (χ2v) is 9.99. The molecule has 1 N–H and O–H groups in total. The topological polar surface area (TPSA) is 59.1 Å². The summed E-state index contributed by atoms with van der Waals surface area (Å²) in [6.07, 6.45) is 5.51. The first-order chi connectivity index (χ1) is 14.8. The fourth-order valence-electron chi connectivity index (χ4n) is 3.64. The van der Waals surface area contributed by atoms with Crippen LogP contribution >= 0.6 is 11.3 Å². The second kappa shape index (κ2) is 8.69. The summed E-state index contributed by atoms with van der Waals surface area (Å²) in [6, 6.07) is 12.2. The van der Waals surface area contributed by atoms with Crippen LogP contribution in [0.3, 0.4) is 0 Å². The number of hydrogen-bond donors (Lipinski definition) is 1. The summed E-state index contributed by atoms with van der Waals surface area (Å²) < 4.78 is 25.7. The number of amides is 1. The Balaban J connectivity index is 1.68. The van der Waals surface area contributed by atoms with Crippen LogP contribution in [0.2, 0.25) is 0 Å². The number of halogens is 1. The molecule has 4 rings (SSSR count). The molecule has 2 aromatic carbocycles. The van der Waals surface area contributed by atoms with Crippen LogP contribution in [0.5, 0.6) is 0 Å². The van der Waals surface area contributed by atoms with Gasteiger partial charge in [0, 0.05) is 33.0 Å². The van der Waals surface area contributed by atoms with Crippen LogP contribution in [0.15, 0.2) is 59.1 Å². The Morgan fingerprint density at radius 3 is 2.55 bits per heavy atom. The Hall–Kier alpha value is -2.90. The summed E-state index contributed by atoms with van der Waals surface area (Å²) in [5.74, 6) is -0.522. The molecule has 1 heterocycles. The van der Waals surface area contributed by atoms with Crippen molar-refractivity contribution in [2.45, 2.75) is 25.2 Å². The zero-order chi connectivity index (χ0) is 22.1. The molecule has 1 atom stereocenters. The minimum atomic E-state index is -1.04. The molecule has 0 aliphatic heterocycles. The first kappa shape index (κ1) is 21.3. The monoisotopic (exact) mass is 452 g/mol. The van der Waals surface area contributed by atoms with Crippen molar-refractivity contribution in [2.24, 2.45) is 0 Å². The molecule has 1 aliphatic carbocycles. The van der Waals surface area contributed by atoms with Crippen LogP contribution in [0.4, 0.5) is 9.52 Å². The summed E-state index contributed by atoms with van der Waals surface area (Å²) in [7, 11) is -1.04. The highest BCUT2D eigenvalue weighted by atomic mass is 32.2. The molecule has 1 aliphatic rings. The zero-order valence-corrected chi connectivity index (χ0v) is 19.0. The molecule has 1 aromatic heterocycles. The number of rotatable bonds is 5. The van der Waals surface area contributed by atoms with Crippen molar-refractivity contribution in [3.63, 3.8) is 0 Å². The van der Waals surface area contributed by atoms with Gasteiger partial charge in [0.05, 0.1) is 6.42 Å². The average molecular weight is 453 g/mol. The van der Waals surface area contributed by atoms with Crippen molar-refractivity contribution >= 4 is 50.4 Å². The van der Waals surface area contributed by atoms with Gasteiger partial charge in [-0.1, -0.05) is 18.2 Å². The van der Waals surface area contributed by atoms with Crippen molar-refractivity contribution in [1.29, 1.82) is 0 Å². The van der Waals surface area contributed by atoms with Crippen molar-refractivity contribution < 1.29 is 13.4 Å². The van der Waals surface area contributed by atoms with Gasteiger partial charge < -0.3 is 5.32 Å². The lowest BCUT2D eigenvalue weighted by atomic mass is 10.0. The van der Waals surface area contributed by atoms with Gasteiger partial charge in [0.2, 0.25) is 5.91 Å². The lowest BCUT2D eigenvalue weighted by Gasteiger charge is -2.06. The SMILES string of the molecule is CC1=C(CC(=O)Nc2ncc(C)s2)c2cc(F)ccc2/C1=C/c1ccc([S@](C)=O)cc1. The van der Waals surface area contributed by atoms with Crippen LogP contribution in [0.1, 0.15) is 34.9 Å². The summed E-state index contributed by atoms with van der Waals surface area (Å²) in [5, 5.41) is 3.39. The van der Waals surface area contributed by atoms with Crippen LogP contribution in [0, 0.1) is 12.7 Å². The first-order valence-corrected chi connectivity index (χ1v) is 12.1. The van der Waals surface area contributed by atoms with Gasteiger partial charge in [0.1, 0.15) is 5.82 Å². The normalized spacial score (nSPS) is 15.3. The minimum absolute atomic E-state index is 0.131. The summed E-state index contributed by atoms with van der Waals surface area (Å²) in [6.45, 7) is 3.88. The zero-order valence-electron chi connectivity index (χ0n) is 17.4. The molecular weight excluding hydrogens is 431 g/mol. The lowest BCUT2D eigenvalue weighted by Crippen LogP contribution is -2.11. The molecule has 3 aromatic rings. The number of thiazole rings is 1. The Morgan fingerprint density at radius 2 is 1.90 bits per heavy atom. The maximum Gasteiger partial charge on any atom is 0.230 e. The van der Waals surface area contributed by atoms with E-state index in [9.17, 15) is 13.4 Å². The number of hydrogen-bond acceptors (Lipinski definition) is 4. The van der Waals surface area contributed by atoms with Gasteiger partial charge in [-0.2, -0.15) is 0 Å². The lowest BCUT2D eigenvalue weighted by molar-refractivity contribution is -0.115. The fourth-order valence-corrected chi connectivity index (χ4v) is 4.84. The number of nitrogens with zero attached hydrogens (tertiary/aromatic N) is 1. The number of carbonyl (C=O) groups is 1. The summed E-state index contributed by atoms with van der Waals surface area (Å²) in [5.41, 5.74) is 5.28. The van der Waals surface area contributed by atoms with Crippen molar-refractivity contribution in [2.75, 3.05) is 11.6 Å². The van der Waals surface area contributed by atoms with E-state index in [1.54, 1.807) is 18.5 Å². The molecule has 0 saturated heterocycles. The average Bonchev–Trinajstić information content (AvgIpc) is 3.24. The van der Waals surface area contributed by atoms with Crippen molar-refractivity contribution in [3.8, 4) is 0 Å². The number of fused-ring (bicyclic) bond motifs is 1. The number of anilines is 1. The first-order valence-electron chi connectivity index (χ1n) is 9.69. The van der Waals surface area contributed by atoms with Crippen LogP contribution in [-0.2, 0) is 15.6 Å². The number of aryl methyl sites for hydroxylation is 1. The maximum absolute atomic E-state index is 14.0. The predicted molar refractivity (Wildman–Crippen MR) is 126 cm³/mol. The molecule has 31 heavy (non-hydrogen) atoms. The van der Waals surface area contributed by atoms with Crippen LogP contribution in [0.25, 0.3) is 17.2 Å². The van der Waals surface area contributed by atoms with E-state index < -0.39 is 10.8 Å². The molecule has 0 saturated carbocycles. The Kier molecular flexibility index (Phi) is 5.98. The highest BCUT2D eigenvalue weighted by Crippen LogP contribution is 2.44. The van der Waals surface area contributed by atoms with Crippen molar-refractivity contribution in [3.05, 3.63) is 81.6 Å². The quantitative estimate of drug-likeness (QED) is 0.541. The fraction of sp³-hybridized carbons (Fsp3) is 0.167. The third-order valence-corrected chi connectivity index (χ3v) is 6.95. The predicted octanol–water partition coefficient (Wildman–Crippen LogP) is 5.68. The van der Waals surface area contributed by atoms with Gasteiger partial charge in [-0.15, -0.1) is 11.3 Å². The molecule has 0 bridgehead atoms. The number of aromatic nitrogens is 1. The Bertz CT molecular complexity index is 1260. The van der Waals surface area contributed by atoms with Gasteiger partial charge in [-0.3, -0.25) is 9.00 Å². The van der Waals surface area contributed by atoms with E-state index >= 15 is 0 Å². The third kappa shape index (κ3) is 4.57. The molecule has 158 valence electrons. The largest absolute Gasteiger partial charge is 0.302 e. The number of carbonyl (C=O) groups excluding carboxylic acids is 1. The van der Waals surface area contributed by atoms with E-state index in [0.29, 0.717) is 5.13 Å². The number of allylic oxidation sites excluding steroid dienone is 2. The summed E-state index contributed by atoms with van der Waals surface area (Å²) in [4.78, 5) is 18.6. The van der Waals surface area contributed by atoms with Crippen LogP contribution in [-0.4, -0.2) is 21.4 Å². The summed E-state index contributed by atoms with van der Waals surface area (Å²) >= 11 is 1.42. The standard InChI is InChI=1S/C24H21FN2O2S2/c1-14-13-26-24(30-14)27-23(28)12-21-15(2)20(19-9-6-17(25)11-22(19)21)10-16-4-7-18(8-5-16)31(3)29/h4-11,13H,12H2,1-3H3,(H,26,27,28)/b20-10+/t31-/m0/s1. The van der Waals surface area contributed by atoms with Crippen molar-refractivity contribution in [1.82, 2.24) is 4.98 Å². The highest BCUT2D eigenvalue weighted by Gasteiger charge is 2.26. The van der Waals surface area contributed by atoms with E-state index in [2.05, 4.69) is 10.3 Å². The maximum atomic E-state index is 14.0. The van der Waals surface area contributed by atoms with Crippen LogP contribution < -0.4 is 5.32 Å². The van der Waals surface area contributed by atoms with Gasteiger partial charge in [0.25, 0.3) is 0 Å². The Labute approximate surface area is 187 Å². The molecule has 4 nitrogen and oxygen atoms in total. The molecule has 0 fully saturated rings. The Morgan fingerprint density at radius 1 is 1.16 bits per heavy atom. The van der Waals surface area contributed by atoms with Gasteiger partial charge in [-0.05, 0) is 77.6 Å². The highest BCUT2D eigenvalue weighted by molar-refractivity contribution is 7.84. The number of benzene rings is 2. The molecule has 0 unspecified atom stereocenters. The smallest absolute Gasteiger partial charge is 0.230 e. The van der Waals surface area contributed by atoms with E-state index in [1.165, 1.54) is 23.5 Å². The van der Waals surface area contributed by atoms with E-state index in [1.807, 2.05) is 44.2 Å². The van der Waals surface area contributed by atoms with Gasteiger partial charge >= 0.3 is 0 Å². The van der Waals surface area contributed by atoms with E-state index in [4.69, 9.17) is 0 Å². The molecule has 1 amide bonds. The number of nitrogens with one attached hydrogen (secondary N) is 1. The van der Waals surface area contributed by atoms with Gasteiger partial charge in [-0.25, -0.2) is 9.37 Å². The molecule has 0 radical (unpaired) electrons. The van der Waals surface area contributed by atoms with E-state index in [-0.39, 0.29) is 18.1 Å².